The zero-order chi connectivity index (χ0) is 18.9. The number of ether oxygens (including phenoxy) is 1. The van der Waals surface area contributed by atoms with Gasteiger partial charge in [0.25, 0.3) is 0 Å². The lowest BCUT2D eigenvalue weighted by molar-refractivity contribution is 0.0867. The van der Waals surface area contributed by atoms with Crippen molar-refractivity contribution in [1.29, 1.82) is 0 Å². The maximum Gasteiger partial charge on any atom is 0.174 e. The highest BCUT2D eigenvalue weighted by Gasteiger charge is 2.34. The van der Waals surface area contributed by atoms with Gasteiger partial charge in [-0.3, -0.25) is 0 Å². The number of hydrogen-bond acceptors (Lipinski definition) is 6. The van der Waals surface area contributed by atoms with E-state index in [4.69, 9.17) is 16.3 Å². The van der Waals surface area contributed by atoms with Gasteiger partial charge in [-0.2, -0.15) is 5.21 Å². The van der Waals surface area contributed by atoms with Gasteiger partial charge in [0.05, 0.1) is 6.61 Å². The van der Waals surface area contributed by atoms with Crippen molar-refractivity contribution in [2.45, 2.75) is 49.0 Å². The van der Waals surface area contributed by atoms with Gasteiger partial charge in [-0.1, -0.05) is 17.3 Å². The summed E-state index contributed by atoms with van der Waals surface area (Å²) in [4.78, 5) is 1.19. The van der Waals surface area contributed by atoms with Gasteiger partial charge in [-0.05, 0) is 55.2 Å². The van der Waals surface area contributed by atoms with Crippen LogP contribution >= 0.6 is 23.4 Å². The number of H-pyrrole nitrogens is 1. The van der Waals surface area contributed by atoms with Crippen LogP contribution in [0.2, 0.25) is 0 Å². The van der Waals surface area contributed by atoms with Gasteiger partial charge in [-0.15, -0.1) is 33.6 Å². The molecule has 2 aromatic rings. The molecule has 1 unspecified atom stereocenters. The monoisotopic (exact) mass is 410 g/mol. The summed E-state index contributed by atoms with van der Waals surface area (Å²) in [6.45, 7) is 1.63. The highest BCUT2D eigenvalue weighted by molar-refractivity contribution is 7.99. The van der Waals surface area contributed by atoms with Gasteiger partial charge in [0, 0.05) is 35.7 Å². The van der Waals surface area contributed by atoms with E-state index in [0.717, 1.165) is 62.5 Å². The SMILES string of the molecule is OCc1cccc(SC[C@H]2C(Cl)CC[C@@H]2COCCCCc2nn[nH]n2)c1. The van der Waals surface area contributed by atoms with Gasteiger partial charge in [0.2, 0.25) is 0 Å². The molecule has 0 spiro atoms. The first-order valence-electron chi connectivity index (χ1n) is 9.53. The van der Waals surface area contributed by atoms with Crippen LogP contribution in [0.25, 0.3) is 0 Å². The fourth-order valence-electron chi connectivity index (χ4n) is 3.48. The molecule has 1 saturated carbocycles. The predicted molar refractivity (Wildman–Crippen MR) is 107 cm³/mol. The minimum absolute atomic E-state index is 0.0825. The molecule has 27 heavy (non-hydrogen) atoms. The molecule has 2 N–H and O–H groups in total. The Kier molecular flexibility index (Phi) is 8.38. The third kappa shape index (κ3) is 6.45. The number of nitrogens with zero attached hydrogens (tertiary/aromatic N) is 3. The predicted octanol–water partition coefficient (Wildman–Crippen LogP) is 3.46. The smallest absolute Gasteiger partial charge is 0.174 e. The molecule has 6 nitrogen and oxygen atoms in total. The van der Waals surface area contributed by atoms with E-state index in [1.54, 1.807) is 0 Å². The Balaban J connectivity index is 1.36. The normalized spacial score (nSPS) is 22.4. The first kappa shape index (κ1) is 20.6. The highest BCUT2D eigenvalue weighted by Crippen LogP contribution is 2.39. The Labute approximate surface area is 169 Å². The Morgan fingerprint density at radius 2 is 2.22 bits per heavy atom. The average molecular weight is 411 g/mol. The number of unbranched alkanes of at least 4 members (excludes halogenated alkanes) is 1. The van der Waals surface area contributed by atoms with E-state index in [2.05, 4.69) is 32.8 Å². The minimum atomic E-state index is 0.0825. The van der Waals surface area contributed by atoms with E-state index in [1.165, 1.54) is 4.90 Å². The number of nitrogens with one attached hydrogen (secondary N) is 1. The number of aromatic nitrogens is 4. The molecule has 1 fully saturated rings. The van der Waals surface area contributed by atoms with Crippen LogP contribution in [0, 0.1) is 11.8 Å². The second kappa shape index (κ2) is 11.0. The number of thioether (sulfide) groups is 1. The van der Waals surface area contributed by atoms with Crippen LogP contribution in [0.3, 0.4) is 0 Å². The lowest BCUT2D eigenvalue weighted by Crippen LogP contribution is -2.22. The van der Waals surface area contributed by atoms with Gasteiger partial charge in [0.15, 0.2) is 5.82 Å². The van der Waals surface area contributed by atoms with Crippen LogP contribution < -0.4 is 0 Å². The van der Waals surface area contributed by atoms with E-state index in [9.17, 15) is 5.11 Å². The maximum absolute atomic E-state index is 9.28. The summed E-state index contributed by atoms with van der Waals surface area (Å²) in [5.74, 6) is 2.75. The Morgan fingerprint density at radius 1 is 1.30 bits per heavy atom. The van der Waals surface area contributed by atoms with Crippen molar-refractivity contribution in [1.82, 2.24) is 20.6 Å². The third-order valence-corrected chi connectivity index (χ3v) is 6.75. The summed E-state index contributed by atoms with van der Waals surface area (Å²) in [6, 6.07) is 8.09. The van der Waals surface area contributed by atoms with Crippen molar-refractivity contribution in [3.05, 3.63) is 35.7 Å². The molecule has 1 heterocycles. The first-order chi connectivity index (χ1) is 13.3. The van der Waals surface area contributed by atoms with Crippen LogP contribution in [0.15, 0.2) is 29.2 Å². The van der Waals surface area contributed by atoms with Gasteiger partial charge < -0.3 is 9.84 Å². The summed E-state index contributed by atoms with van der Waals surface area (Å²) in [5, 5.41) is 23.4. The van der Waals surface area contributed by atoms with Crippen LogP contribution in [0.5, 0.6) is 0 Å². The Hall–Kier alpha value is -1.15. The van der Waals surface area contributed by atoms with Gasteiger partial charge in [-0.25, -0.2) is 0 Å². The number of alkyl halides is 1. The van der Waals surface area contributed by atoms with Crippen LogP contribution in [-0.2, 0) is 17.8 Å². The maximum atomic E-state index is 9.28. The Bertz CT molecular complexity index is 673. The minimum Gasteiger partial charge on any atom is -0.392 e. The summed E-state index contributed by atoms with van der Waals surface area (Å²) in [6.07, 6.45) is 5.04. The number of tetrazole rings is 1. The number of aryl methyl sites for hydroxylation is 1. The summed E-state index contributed by atoms with van der Waals surface area (Å²) in [7, 11) is 0. The van der Waals surface area contributed by atoms with Crippen molar-refractivity contribution in [3.63, 3.8) is 0 Å². The fourth-order valence-corrected chi connectivity index (χ4v) is 5.31. The molecular formula is C19H27ClN4O2S. The van der Waals surface area contributed by atoms with E-state index >= 15 is 0 Å². The van der Waals surface area contributed by atoms with Crippen molar-refractivity contribution < 1.29 is 9.84 Å². The second-order valence-corrected chi connectivity index (χ2v) is 8.65. The van der Waals surface area contributed by atoms with Crippen LogP contribution in [-0.4, -0.2) is 50.1 Å². The molecule has 1 aromatic heterocycles. The highest BCUT2D eigenvalue weighted by atomic mass is 35.5. The summed E-state index contributed by atoms with van der Waals surface area (Å²) in [5.41, 5.74) is 0.953. The van der Waals surface area contributed by atoms with E-state index in [0.29, 0.717) is 11.8 Å². The fraction of sp³-hybridized carbons (Fsp3) is 0.632. The van der Waals surface area contributed by atoms with Crippen LogP contribution in [0.4, 0.5) is 0 Å². The van der Waals surface area contributed by atoms with Crippen molar-refractivity contribution in [3.8, 4) is 0 Å². The molecule has 1 aliphatic rings. The molecule has 1 aliphatic carbocycles. The van der Waals surface area contributed by atoms with Crippen molar-refractivity contribution in [2.75, 3.05) is 19.0 Å². The van der Waals surface area contributed by atoms with Crippen LogP contribution in [0.1, 0.15) is 37.1 Å². The summed E-state index contributed by atoms with van der Waals surface area (Å²) >= 11 is 8.41. The zero-order valence-corrected chi connectivity index (χ0v) is 17.0. The molecule has 8 heteroatoms. The van der Waals surface area contributed by atoms with Crippen molar-refractivity contribution in [2.24, 2.45) is 11.8 Å². The quantitative estimate of drug-likeness (QED) is 0.335. The van der Waals surface area contributed by atoms with Crippen molar-refractivity contribution >= 4 is 23.4 Å². The largest absolute Gasteiger partial charge is 0.392 e. The lowest BCUT2D eigenvalue weighted by Gasteiger charge is -2.21. The first-order valence-corrected chi connectivity index (χ1v) is 10.9. The number of benzene rings is 1. The molecule has 0 saturated heterocycles. The molecular weight excluding hydrogens is 384 g/mol. The molecule has 0 aliphatic heterocycles. The third-order valence-electron chi connectivity index (χ3n) is 5.07. The molecule has 0 bridgehead atoms. The average Bonchev–Trinajstić information content (AvgIpc) is 3.33. The van der Waals surface area contributed by atoms with Gasteiger partial charge in [0.1, 0.15) is 0 Å². The number of aliphatic hydroxyl groups is 1. The summed E-state index contributed by atoms with van der Waals surface area (Å²) < 4.78 is 5.94. The standard InChI is InChI=1S/C19H27ClN4O2S/c20-18-8-7-15(12-26-9-2-1-6-19-21-23-24-22-19)17(18)13-27-16-5-3-4-14(10-16)11-25/h3-5,10,15,17-18,25H,1-2,6-9,11-13H2,(H,21,22,23,24)/t15-,17-,18?/m1/s1. The number of hydrogen-bond donors (Lipinski definition) is 2. The molecule has 0 radical (unpaired) electrons. The molecule has 148 valence electrons. The van der Waals surface area contributed by atoms with Gasteiger partial charge >= 0.3 is 0 Å². The second-order valence-electron chi connectivity index (χ2n) is 6.99. The number of halogens is 1. The topological polar surface area (TPSA) is 83.9 Å². The molecule has 1 aromatic carbocycles. The zero-order valence-electron chi connectivity index (χ0n) is 15.4. The lowest BCUT2D eigenvalue weighted by atomic mass is 9.99. The molecule has 3 atom stereocenters. The van der Waals surface area contributed by atoms with E-state index in [-0.39, 0.29) is 12.0 Å². The van der Waals surface area contributed by atoms with E-state index in [1.807, 2.05) is 23.9 Å². The number of rotatable bonds is 11. The molecule has 0 amide bonds. The molecule has 3 rings (SSSR count). The van der Waals surface area contributed by atoms with E-state index < -0.39 is 0 Å². The number of aliphatic hydroxyl groups excluding tert-OH is 1. The Morgan fingerprint density at radius 3 is 3.04 bits per heavy atom. The number of aromatic amines is 1.